The highest BCUT2D eigenvalue weighted by Crippen LogP contribution is 2.29. The minimum Gasteiger partial charge on any atom is -0.255 e. The molecule has 4 heteroatoms. The van der Waals surface area contributed by atoms with Crippen molar-refractivity contribution in [1.82, 2.24) is 9.97 Å². The largest absolute Gasteiger partial charge is 0.255 e. The number of aryl methyl sites for hydroxylation is 6. The van der Waals surface area contributed by atoms with E-state index >= 15 is 0 Å². The summed E-state index contributed by atoms with van der Waals surface area (Å²) in [6, 6.07) is 20.4. The van der Waals surface area contributed by atoms with Crippen molar-refractivity contribution >= 4 is 22.8 Å². The molecule has 170 valence electrons. The number of nitrogens with zero attached hydrogens (tertiary/aromatic N) is 4. The van der Waals surface area contributed by atoms with Crippen molar-refractivity contribution in [2.45, 2.75) is 41.5 Å². The molecule has 4 aromatic rings. The fraction of sp³-hybridized carbons (Fsp3) is 0.200. The summed E-state index contributed by atoms with van der Waals surface area (Å²) in [5.41, 5.74) is 11.7. The average Bonchev–Trinajstić information content (AvgIpc) is 2.80. The number of rotatable bonds is 5. The lowest BCUT2D eigenvalue weighted by Gasteiger charge is -2.15. The van der Waals surface area contributed by atoms with E-state index in [1.165, 1.54) is 11.1 Å². The van der Waals surface area contributed by atoms with Crippen molar-refractivity contribution in [2.75, 3.05) is 0 Å². The third-order valence-electron chi connectivity index (χ3n) is 5.76. The minimum absolute atomic E-state index is 0.703. The van der Waals surface area contributed by atoms with Crippen LogP contribution in [0.25, 0.3) is 0 Å². The summed E-state index contributed by atoms with van der Waals surface area (Å²) in [7, 11) is 0. The Kier molecular flexibility index (Phi) is 6.78. The number of aliphatic imine (C=N–C) groups is 2. The Balaban J connectivity index is 2.05. The summed E-state index contributed by atoms with van der Waals surface area (Å²) in [4.78, 5) is 19.7. The molecule has 0 spiro atoms. The first-order valence-corrected chi connectivity index (χ1v) is 11.5. The topological polar surface area (TPSA) is 50.5 Å². The Morgan fingerprint density at radius 2 is 0.882 bits per heavy atom. The van der Waals surface area contributed by atoms with Crippen molar-refractivity contribution in [3.05, 3.63) is 118 Å². The summed E-state index contributed by atoms with van der Waals surface area (Å²) in [6.07, 6.45) is 3.58. The van der Waals surface area contributed by atoms with Crippen LogP contribution in [-0.4, -0.2) is 21.4 Å². The molecule has 0 radical (unpaired) electrons. The van der Waals surface area contributed by atoms with E-state index in [4.69, 9.17) is 9.98 Å². The third kappa shape index (κ3) is 5.01. The van der Waals surface area contributed by atoms with Gasteiger partial charge in [0.2, 0.25) is 0 Å². The standard InChI is InChI=1S/C30H30N4/c1-19-15-21(3)27(22(4)16-19)33-29(25-11-7-9-13-31-25)30(26-12-8-10-14-32-26)34-28-23(5)17-20(2)18-24(28)6/h7-18H,1-6H3. The molecule has 0 saturated carbocycles. The SMILES string of the molecule is Cc1cc(C)c(N=C(C(=Nc2c(C)cc(C)cc2C)c2ccccn2)c2ccccn2)c(C)c1. The van der Waals surface area contributed by atoms with Crippen molar-refractivity contribution in [1.29, 1.82) is 0 Å². The van der Waals surface area contributed by atoms with Gasteiger partial charge in [-0.15, -0.1) is 0 Å². The maximum Gasteiger partial charge on any atom is 0.117 e. The molecule has 0 saturated heterocycles. The lowest BCUT2D eigenvalue weighted by Crippen LogP contribution is -2.20. The molecule has 0 aliphatic heterocycles. The van der Waals surface area contributed by atoms with Gasteiger partial charge in [-0.3, -0.25) is 9.97 Å². The van der Waals surface area contributed by atoms with Gasteiger partial charge in [0.15, 0.2) is 0 Å². The zero-order valence-electron chi connectivity index (χ0n) is 20.7. The predicted octanol–water partition coefficient (Wildman–Crippen LogP) is 7.27. The Morgan fingerprint density at radius 1 is 0.529 bits per heavy atom. The van der Waals surface area contributed by atoms with Crippen LogP contribution in [0.2, 0.25) is 0 Å². The zero-order valence-corrected chi connectivity index (χ0v) is 20.7. The number of hydrogen-bond donors (Lipinski definition) is 0. The van der Waals surface area contributed by atoms with Crippen LogP contribution in [0.1, 0.15) is 44.8 Å². The maximum absolute atomic E-state index is 5.20. The molecule has 4 nitrogen and oxygen atoms in total. The molecule has 34 heavy (non-hydrogen) atoms. The van der Waals surface area contributed by atoms with E-state index in [-0.39, 0.29) is 0 Å². The van der Waals surface area contributed by atoms with Crippen LogP contribution in [-0.2, 0) is 0 Å². The first-order valence-electron chi connectivity index (χ1n) is 11.5. The van der Waals surface area contributed by atoms with Gasteiger partial charge in [0.1, 0.15) is 11.4 Å². The smallest absolute Gasteiger partial charge is 0.117 e. The molecule has 2 heterocycles. The highest BCUT2D eigenvalue weighted by atomic mass is 14.9. The van der Waals surface area contributed by atoms with Crippen LogP contribution < -0.4 is 0 Å². The fourth-order valence-corrected chi connectivity index (χ4v) is 4.39. The molecule has 0 fully saturated rings. The highest BCUT2D eigenvalue weighted by molar-refractivity contribution is 6.53. The van der Waals surface area contributed by atoms with E-state index in [2.05, 4.69) is 75.8 Å². The fourth-order valence-electron chi connectivity index (χ4n) is 4.39. The van der Waals surface area contributed by atoms with Crippen LogP contribution in [0.5, 0.6) is 0 Å². The molecule has 2 aromatic heterocycles. The van der Waals surface area contributed by atoms with E-state index in [0.29, 0.717) is 11.4 Å². The normalized spacial score (nSPS) is 12.2. The van der Waals surface area contributed by atoms with Crippen molar-refractivity contribution in [3.63, 3.8) is 0 Å². The van der Waals surface area contributed by atoms with E-state index in [1.807, 2.05) is 36.4 Å². The van der Waals surface area contributed by atoms with Crippen molar-refractivity contribution in [2.24, 2.45) is 9.98 Å². The molecule has 0 aliphatic carbocycles. The van der Waals surface area contributed by atoms with Gasteiger partial charge in [-0.1, -0.05) is 47.5 Å². The van der Waals surface area contributed by atoms with Crippen LogP contribution in [0.3, 0.4) is 0 Å². The molecule has 0 amide bonds. The van der Waals surface area contributed by atoms with Crippen molar-refractivity contribution < 1.29 is 0 Å². The summed E-state index contributed by atoms with van der Waals surface area (Å²) in [6.45, 7) is 12.6. The highest BCUT2D eigenvalue weighted by Gasteiger charge is 2.19. The maximum atomic E-state index is 5.20. The minimum atomic E-state index is 0.703. The summed E-state index contributed by atoms with van der Waals surface area (Å²) >= 11 is 0. The Morgan fingerprint density at radius 3 is 1.18 bits per heavy atom. The van der Waals surface area contributed by atoms with Gasteiger partial charge >= 0.3 is 0 Å². The first kappa shape index (κ1) is 23.2. The number of benzene rings is 2. The number of hydrogen-bond acceptors (Lipinski definition) is 4. The second kappa shape index (κ2) is 9.92. The quantitative estimate of drug-likeness (QED) is 0.303. The molecule has 4 rings (SSSR count). The molecule has 0 unspecified atom stereocenters. The van der Waals surface area contributed by atoms with E-state index in [1.54, 1.807) is 12.4 Å². The molecule has 0 N–H and O–H groups in total. The van der Waals surface area contributed by atoms with Gasteiger partial charge in [-0.2, -0.15) is 0 Å². The van der Waals surface area contributed by atoms with Gasteiger partial charge in [0.25, 0.3) is 0 Å². The molecule has 0 bridgehead atoms. The van der Waals surface area contributed by atoms with Crippen LogP contribution in [0.15, 0.2) is 83.0 Å². The van der Waals surface area contributed by atoms with E-state index < -0.39 is 0 Å². The summed E-state index contributed by atoms with van der Waals surface area (Å²) in [5, 5.41) is 0. The third-order valence-corrected chi connectivity index (χ3v) is 5.76. The predicted molar refractivity (Wildman–Crippen MR) is 142 cm³/mol. The first-order chi connectivity index (χ1) is 16.3. The van der Waals surface area contributed by atoms with Gasteiger partial charge in [0, 0.05) is 12.4 Å². The molecular weight excluding hydrogens is 416 g/mol. The Hall–Kier alpha value is -3.92. The molecule has 2 aromatic carbocycles. The zero-order chi connectivity index (χ0) is 24.2. The van der Waals surface area contributed by atoms with Gasteiger partial charge < -0.3 is 0 Å². The van der Waals surface area contributed by atoms with Crippen LogP contribution >= 0.6 is 0 Å². The summed E-state index contributed by atoms with van der Waals surface area (Å²) in [5.74, 6) is 0. The molecular formula is C30H30N4. The Labute approximate surface area is 202 Å². The lowest BCUT2D eigenvalue weighted by atomic mass is 10.0. The second-order valence-electron chi connectivity index (χ2n) is 8.85. The molecule has 0 aliphatic rings. The van der Waals surface area contributed by atoms with Crippen LogP contribution in [0.4, 0.5) is 11.4 Å². The lowest BCUT2D eigenvalue weighted by molar-refractivity contribution is 1.24. The van der Waals surface area contributed by atoms with Gasteiger partial charge in [-0.05, 0) is 88.1 Å². The van der Waals surface area contributed by atoms with Gasteiger partial charge in [-0.25, -0.2) is 9.98 Å². The summed E-state index contributed by atoms with van der Waals surface area (Å²) < 4.78 is 0. The van der Waals surface area contributed by atoms with E-state index in [0.717, 1.165) is 45.0 Å². The number of aromatic nitrogens is 2. The number of pyridine rings is 2. The average molecular weight is 447 g/mol. The molecule has 0 atom stereocenters. The second-order valence-corrected chi connectivity index (χ2v) is 8.85. The Bertz CT molecular complexity index is 1230. The monoisotopic (exact) mass is 446 g/mol. The van der Waals surface area contributed by atoms with Crippen LogP contribution in [0, 0.1) is 41.5 Å². The van der Waals surface area contributed by atoms with E-state index in [9.17, 15) is 0 Å². The van der Waals surface area contributed by atoms with Crippen molar-refractivity contribution in [3.8, 4) is 0 Å². The van der Waals surface area contributed by atoms with Gasteiger partial charge in [0.05, 0.1) is 22.8 Å².